The third kappa shape index (κ3) is 2.82. The van der Waals surface area contributed by atoms with Gasteiger partial charge in [0.1, 0.15) is 0 Å². The Kier molecular flexibility index (Phi) is 3.74. The van der Waals surface area contributed by atoms with Gasteiger partial charge in [-0.1, -0.05) is 13.0 Å². The minimum atomic E-state index is -0.823. The Balaban J connectivity index is 2.14. The van der Waals surface area contributed by atoms with Crippen molar-refractivity contribution in [2.24, 2.45) is 5.92 Å². The van der Waals surface area contributed by atoms with E-state index < -0.39 is 11.6 Å². The Labute approximate surface area is 100.0 Å². The predicted molar refractivity (Wildman–Crippen MR) is 61.7 cm³/mol. The molecule has 0 aromatic heterocycles. The van der Waals surface area contributed by atoms with Crippen LogP contribution in [0.5, 0.6) is 0 Å². The molecule has 0 aliphatic carbocycles. The highest BCUT2D eigenvalue weighted by Gasteiger charge is 2.23. The van der Waals surface area contributed by atoms with Crippen molar-refractivity contribution >= 4 is 0 Å². The fraction of sp³-hybridized carbons (Fsp3) is 0.538. The zero-order valence-corrected chi connectivity index (χ0v) is 10.0. The Morgan fingerprint density at radius 1 is 1.24 bits per heavy atom. The van der Waals surface area contributed by atoms with Gasteiger partial charge in [0.15, 0.2) is 11.6 Å². The van der Waals surface area contributed by atoms with Crippen molar-refractivity contribution in [1.29, 1.82) is 0 Å². The molecule has 1 aliphatic heterocycles. The molecule has 17 heavy (non-hydrogen) atoms. The Bertz CT molecular complexity index is 385. The largest absolute Gasteiger partial charge is 0.372 e. The maximum atomic E-state index is 13.1. The zero-order chi connectivity index (χ0) is 12.4. The fourth-order valence-electron chi connectivity index (χ4n) is 1.89. The van der Waals surface area contributed by atoms with Crippen LogP contribution < -0.4 is 5.32 Å². The second kappa shape index (κ2) is 5.10. The van der Waals surface area contributed by atoms with Crippen LogP contribution in [0.4, 0.5) is 8.78 Å². The molecule has 2 rings (SSSR count). The van der Waals surface area contributed by atoms with E-state index in [4.69, 9.17) is 4.74 Å². The van der Waals surface area contributed by atoms with Gasteiger partial charge >= 0.3 is 0 Å². The lowest BCUT2D eigenvalue weighted by molar-refractivity contribution is 0.0494. The third-order valence-electron chi connectivity index (χ3n) is 3.35. The number of hydrogen-bond donors (Lipinski definition) is 1. The van der Waals surface area contributed by atoms with Crippen molar-refractivity contribution in [3.63, 3.8) is 0 Å². The van der Waals surface area contributed by atoms with Crippen molar-refractivity contribution in [2.75, 3.05) is 13.2 Å². The van der Waals surface area contributed by atoms with Crippen LogP contribution in [-0.4, -0.2) is 19.2 Å². The molecular formula is C13H17F2NO. The molecule has 1 aromatic carbocycles. The van der Waals surface area contributed by atoms with Gasteiger partial charge in [-0.15, -0.1) is 0 Å². The van der Waals surface area contributed by atoms with E-state index in [0.29, 0.717) is 30.7 Å². The molecular weight excluding hydrogens is 224 g/mol. The lowest BCUT2D eigenvalue weighted by Crippen LogP contribution is -2.32. The second-order valence-electron chi connectivity index (χ2n) is 4.67. The van der Waals surface area contributed by atoms with Gasteiger partial charge in [0.25, 0.3) is 0 Å². The van der Waals surface area contributed by atoms with Gasteiger partial charge in [-0.25, -0.2) is 8.78 Å². The van der Waals surface area contributed by atoms with E-state index in [-0.39, 0.29) is 6.10 Å². The van der Waals surface area contributed by atoms with Crippen LogP contribution >= 0.6 is 0 Å². The number of ether oxygens (including phenoxy) is 1. The SMILES string of the molecule is CC1COC(c2ccc(F)c(F)c2)CNC1C. The van der Waals surface area contributed by atoms with Crippen molar-refractivity contribution < 1.29 is 13.5 Å². The summed E-state index contributed by atoms with van der Waals surface area (Å²) in [5, 5.41) is 3.34. The summed E-state index contributed by atoms with van der Waals surface area (Å²) in [6, 6.07) is 4.30. The highest BCUT2D eigenvalue weighted by molar-refractivity contribution is 5.20. The fourth-order valence-corrected chi connectivity index (χ4v) is 1.89. The van der Waals surface area contributed by atoms with Crippen LogP contribution in [0.1, 0.15) is 25.5 Å². The predicted octanol–water partition coefficient (Wildman–Crippen LogP) is 2.65. The van der Waals surface area contributed by atoms with Crippen molar-refractivity contribution in [3.05, 3.63) is 35.4 Å². The first-order valence-corrected chi connectivity index (χ1v) is 5.88. The van der Waals surface area contributed by atoms with E-state index in [1.54, 1.807) is 6.07 Å². The Morgan fingerprint density at radius 3 is 2.71 bits per heavy atom. The summed E-state index contributed by atoms with van der Waals surface area (Å²) in [5.41, 5.74) is 0.678. The van der Waals surface area contributed by atoms with Crippen LogP contribution in [-0.2, 0) is 4.74 Å². The van der Waals surface area contributed by atoms with E-state index >= 15 is 0 Å². The smallest absolute Gasteiger partial charge is 0.159 e. The maximum absolute atomic E-state index is 13.1. The number of halogens is 2. The van der Waals surface area contributed by atoms with Gasteiger partial charge in [0.05, 0.1) is 12.7 Å². The van der Waals surface area contributed by atoms with Gasteiger partial charge in [-0.3, -0.25) is 0 Å². The summed E-state index contributed by atoms with van der Waals surface area (Å²) in [5.74, 6) is -1.24. The molecule has 0 bridgehead atoms. The van der Waals surface area contributed by atoms with E-state index in [9.17, 15) is 8.78 Å². The minimum Gasteiger partial charge on any atom is -0.372 e. The molecule has 1 N–H and O–H groups in total. The van der Waals surface area contributed by atoms with E-state index in [0.717, 1.165) is 6.07 Å². The first-order chi connectivity index (χ1) is 8.08. The molecule has 3 atom stereocenters. The van der Waals surface area contributed by atoms with Crippen molar-refractivity contribution in [2.45, 2.75) is 26.0 Å². The molecule has 3 unspecified atom stereocenters. The molecule has 4 heteroatoms. The normalized spacial score (nSPS) is 30.0. The van der Waals surface area contributed by atoms with Crippen LogP contribution in [0.15, 0.2) is 18.2 Å². The summed E-state index contributed by atoms with van der Waals surface area (Å²) in [4.78, 5) is 0. The van der Waals surface area contributed by atoms with Crippen molar-refractivity contribution in [1.82, 2.24) is 5.32 Å². The molecule has 1 saturated heterocycles. The summed E-state index contributed by atoms with van der Waals surface area (Å²) < 4.78 is 31.7. The number of nitrogens with one attached hydrogen (secondary N) is 1. The molecule has 1 aromatic rings. The Hall–Kier alpha value is -1.00. The minimum absolute atomic E-state index is 0.211. The number of rotatable bonds is 1. The van der Waals surface area contributed by atoms with Gasteiger partial charge in [-0.05, 0) is 30.5 Å². The number of benzene rings is 1. The zero-order valence-electron chi connectivity index (χ0n) is 10.0. The second-order valence-corrected chi connectivity index (χ2v) is 4.67. The lowest BCUT2D eigenvalue weighted by atomic mass is 10.1. The molecule has 0 saturated carbocycles. The van der Waals surface area contributed by atoms with E-state index in [1.165, 1.54) is 6.07 Å². The highest BCUT2D eigenvalue weighted by atomic mass is 19.2. The monoisotopic (exact) mass is 241 g/mol. The summed E-state index contributed by atoms with van der Waals surface area (Å²) >= 11 is 0. The average molecular weight is 241 g/mol. The summed E-state index contributed by atoms with van der Waals surface area (Å²) in [6.45, 7) is 5.45. The van der Waals surface area contributed by atoms with Crippen LogP contribution in [0.2, 0.25) is 0 Å². The standard InChI is InChI=1S/C13H17F2NO/c1-8-7-17-13(6-16-9(8)2)10-3-4-11(14)12(15)5-10/h3-5,8-9,13,16H,6-7H2,1-2H3. The lowest BCUT2D eigenvalue weighted by Gasteiger charge is -2.15. The highest BCUT2D eigenvalue weighted by Crippen LogP contribution is 2.23. The molecule has 0 spiro atoms. The third-order valence-corrected chi connectivity index (χ3v) is 3.35. The van der Waals surface area contributed by atoms with Crippen LogP contribution in [0.3, 0.4) is 0 Å². The topological polar surface area (TPSA) is 21.3 Å². The van der Waals surface area contributed by atoms with Crippen molar-refractivity contribution in [3.8, 4) is 0 Å². The van der Waals surface area contributed by atoms with Gasteiger partial charge in [0, 0.05) is 12.6 Å². The van der Waals surface area contributed by atoms with Gasteiger partial charge < -0.3 is 10.1 Å². The summed E-state index contributed by atoms with van der Waals surface area (Å²) in [7, 11) is 0. The Morgan fingerprint density at radius 2 is 2.00 bits per heavy atom. The molecule has 94 valence electrons. The maximum Gasteiger partial charge on any atom is 0.159 e. The number of hydrogen-bond acceptors (Lipinski definition) is 2. The average Bonchev–Trinajstić information content (AvgIpc) is 2.47. The molecule has 0 amide bonds. The van der Waals surface area contributed by atoms with Gasteiger partial charge in [-0.2, -0.15) is 0 Å². The molecule has 0 radical (unpaired) electrons. The van der Waals surface area contributed by atoms with Crippen LogP contribution in [0, 0.1) is 17.6 Å². The van der Waals surface area contributed by atoms with E-state index in [2.05, 4.69) is 19.2 Å². The molecule has 2 nitrogen and oxygen atoms in total. The first kappa shape index (κ1) is 12.5. The molecule has 1 heterocycles. The van der Waals surface area contributed by atoms with E-state index in [1.807, 2.05) is 0 Å². The summed E-state index contributed by atoms with van der Waals surface area (Å²) in [6.07, 6.45) is -0.211. The molecule has 1 fully saturated rings. The van der Waals surface area contributed by atoms with Gasteiger partial charge in [0.2, 0.25) is 0 Å². The molecule has 1 aliphatic rings. The first-order valence-electron chi connectivity index (χ1n) is 5.88. The van der Waals surface area contributed by atoms with Crippen LogP contribution in [0.25, 0.3) is 0 Å². The quantitative estimate of drug-likeness (QED) is 0.816.